The molecular weight excluding hydrogens is 574 g/mol. The van der Waals surface area contributed by atoms with E-state index in [0.29, 0.717) is 60.4 Å². The molecule has 1 aromatic carbocycles. The summed E-state index contributed by atoms with van der Waals surface area (Å²) in [6, 6.07) is 8.81. The third kappa shape index (κ3) is 8.86. The van der Waals surface area contributed by atoms with Crippen LogP contribution in [0.3, 0.4) is 0 Å². The number of hydrogen-bond donors (Lipinski definition) is 3. The SMILES string of the molecule is CCCCC(C)(CNC(=O)[C@@H]1CCCN1C(=O)OC(C)(C)C)Nc1nc(NCc2ccc(OC)cc2OC)nc2cccnc12. The number of likely N-dealkylation sites (tertiary alicyclic amines) is 1. The van der Waals surface area contributed by atoms with E-state index in [0.717, 1.165) is 31.2 Å². The number of nitrogens with zero attached hydrogens (tertiary/aromatic N) is 4. The van der Waals surface area contributed by atoms with Crippen molar-refractivity contribution in [2.75, 3.05) is 37.9 Å². The van der Waals surface area contributed by atoms with Crippen molar-refractivity contribution >= 4 is 34.8 Å². The van der Waals surface area contributed by atoms with Crippen molar-refractivity contribution in [2.45, 2.75) is 90.4 Å². The van der Waals surface area contributed by atoms with Crippen molar-refractivity contribution in [3.05, 3.63) is 42.1 Å². The average Bonchev–Trinajstić information content (AvgIpc) is 3.51. The van der Waals surface area contributed by atoms with Crippen molar-refractivity contribution in [1.29, 1.82) is 0 Å². The van der Waals surface area contributed by atoms with Crippen LogP contribution in [0, 0.1) is 0 Å². The van der Waals surface area contributed by atoms with E-state index in [4.69, 9.17) is 24.2 Å². The molecule has 1 aliphatic heterocycles. The van der Waals surface area contributed by atoms with Gasteiger partial charge in [0.05, 0.1) is 25.3 Å². The number of fused-ring (bicyclic) bond motifs is 1. The second kappa shape index (κ2) is 14.6. The molecule has 3 N–H and O–H groups in total. The van der Waals surface area contributed by atoms with Crippen molar-refractivity contribution in [1.82, 2.24) is 25.2 Å². The van der Waals surface area contributed by atoms with Crippen molar-refractivity contribution in [2.24, 2.45) is 0 Å². The summed E-state index contributed by atoms with van der Waals surface area (Å²) < 4.78 is 16.4. The quantitative estimate of drug-likeness (QED) is 0.223. The second-order valence-corrected chi connectivity index (χ2v) is 12.6. The van der Waals surface area contributed by atoms with Crippen LogP contribution in [0.15, 0.2) is 36.5 Å². The first kappa shape index (κ1) is 33.5. The molecule has 1 aliphatic rings. The number of benzene rings is 1. The minimum absolute atomic E-state index is 0.190. The van der Waals surface area contributed by atoms with Gasteiger partial charge in [-0.2, -0.15) is 4.98 Å². The van der Waals surface area contributed by atoms with E-state index in [-0.39, 0.29) is 5.91 Å². The molecule has 1 unspecified atom stereocenters. The van der Waals surface area contributed by atoms with Crippen LogP contribution in [-0.4, -0.2) is 76.3 Å². The van der Waals surface area contributed by atoms with E-state index < -0.39 is 23.3 Å². The van der Waals surface area contributed by atoms with Gasteiger partial charge in [-0.1, -0.05) is 19.8 Å². The van der Waals surface area contributed by atoms with Crippen LogP contribution in [0.4, 0.5) is 16.6 Å². The van der Waals surface area contributed by atoms with E-state index in [1.54, 1.807) is 20.4 Å². The lowest BCUT2D eigenvalue weighted by Gasteiger charge is -2.33. The zero-order valence-electron chi connectivity index (χ0n) is 27.5. The summed E-state index contributed by atoms with van der Waals surface area (Å²) >= 11 is 0. The number of hydrogen-bond acceptors (Lipinski definition) is 10. The van der Waals surface area contributed by atoms with E-state index in [1.807, 2.05) is 51.1 Å². The van der Waals surface area contributed by atoms with Crippen LogP contribution >= 0.6 is 0 Å². The van der Waals surface area contributed by atoms with Crippen LogP contribution in [0.1, 0.15) is 72.3 Å². The summed E-state index contributed by atoms with van der Waals surface area (Å²) in [5.74, 6) is 2.20. The number of nitrogens with one attached hydrogen (secondary N) is 3. The molecule has 1 saturated heterocycles. The van der Waals surface area contributed by atoms with Crippen molar-refractivity contribution in [3.63, 3.8) is 0 Å². The largest absolute Gasteiger partial charge is 0.497 e. The molecule has 3 aromatic rings. The maximum Gasteiger partial charge on any atom is 0.410 e. The van der Waals surface area contributed by atoms with Gasteiger partial charge in [-0.15, -0.1) is 0 Å². The Morgan fingerprint density at radius 2 is 1.89 bits per heavy atom. The van der Waals surface area contributed by atoms with Gasteiger partial charge >= 0.3 is 6.09 Å². The molecule has 0 aliphatic carbocycles. The summed E-state index contributed by atoms with van der Waals surface area (Å²) in [5.41, 5.74) is 1.04. The van der Waals surface area contributed by atoms with Gasteiger partial charge in [0, 0.05) is 37.5 Å². The van der Waals surface area contributed by atoms with Gasteiger partial charge in [0.1, 0.15) is 28.7 Å². The topological polar surface area (TPSA) is 140 Å². The summed E-state index contributed by atoms with van der Waals surface area (Å²) in [6.45, 7) is 10.9. The number of ether oxygens (including phenoxy) is 3. The minimum Gasteiger partial charge on any atom is -0.497 e. The number of anilines is 2. The number of carbonyl (C=O) groups excluding carboxylic acids is 2. The van der Waals surface area contributed by atoms with Gasteiger partial charge in [-0.05, 0) is 71.2 Å². The highest BCUT2D eigenvalue weighted by Crippen LogP contribution is 2.28. The predicted octanol–water partition coefficient (Wildman–Crippen LogP) is 5.53. The molecule has 2 atom stereocenters. The maximum absolute atomic E-state index is 13.4. The van der Waals surface area contributed by atoms with Crippen LogP contribution in [0.5, 0.6) is 11.5 Å². The number of amides is 2. The third-order valence-electron chi connectivity index (χ3n) is 7.72. The molecule has 12 nitrogen and oxygen atoms in total. The monoisotopic (exact) mass is 621 g/mol. The zero-order valence-corrected chi connectivity index (χ0v) is 27.5. The molecule has 244 valence electrons. The van der Waals surface area contributed by atoms with Gasteiger partial charge < -0.3 is 30.2 Å². The maximum atomic E-state index is 13.4. The molecule has 0 bridgehead atoms. The number of aromatic nitrogens is 3. The van der Waals surface area contributed by atoms with Gasteiger partial charge in [0.15, 0.2) is 5.82 Å². The highest BCUT2D eigenvalue weighted by atomic mass is 16.6. The lowest BCUT2D eigenvalue weighted by atomic mass is 9.94. The number of pyridine rings is 1. The fourth-order valence-corrected chi connectivity index (χ4v) is 5.33. The third-order valence-corrected chi connectivity index (χ3v) is 7.72. The van der Waals surface area contributed by atoms with Crippen LogP contribution in [-0.2, 0) is 16.1 Å². The lowest BCUT2D eigenvalue weighted by molar-refractivity contribution is -0.125. The number of carbonyl (C=O) groups is 2. The normalized spacial score (nSPS) is 16.2. The van der Waals surface area contributed by atoms with Crippen LogP contribution in [0.25, 0.3) is 11.0 Å². The number of unbranched alkanes of at least 4 members (excludes halogenated alkanes) is 1. The highest BCUT2D eigenvalue weighted by Gasteiger charge is 2.37. The van der Waals surface area contributed by atoms with E-state index in [9.17, 15) is 9.59 Å². The zero-order chi connectivity index (χ0) is 32.6. The van der Waals surface area contributed by atoms with Gasteiger partial charge in [0.25, 0.3) is 0 Å². The average molecular weight is 622 g/mol. The number of rotatable bonds is 13. The van der Waals surface area contributed by atoms with Crippen LogP contribution < -0.4 is 25.4 Å². The van der Waals surface area contributed by atoms with Gasteiger partial charge in [-0.25, -0.2) is 9.78 Å². The fourth-order valence-electron chi connectivity index (χ4n) is 5.33. The van der Waals surface area contributed by atoms with E-state index in [1.165, 1.54) is 4.90 Å². The Bertz CT molecular complexity index is 1480. The highest BCUT2D eigenvalue weighted by molar-refractivity contribution is 5.87. The van der Waals surface area contributed by atoms with E-state index in [2.05, 4.69) is 34.8 Å². The second-order valence-electron chi connectivity index (χ2n) is 12.6. The standard InChI is InChI=1S/C33H47N7O5/c1-8-9-16-33(5,21-36-29(41)25-13-11-18-40(25)31(42)45-32(2,3)4)39-28-27-24(12-10-17-34-27)37-30(38-28)35-20-22-14-15-23(43-6)19-26(22)44-7/h10,12,14-15,17,19,25H,8-9,11,13,16,18,20-21H2,1-7H3,(H,36,41)(H2,35,37,38,39)/t25-,33?/m0/s1. The Morgan fingerprint density at radius 1 is 1.09 bits per heavy atom. The molecule has 1 fully saturated rings. The predicted molar refractivity (Wildman–Crippen MR) is 175 cm³/mol. The molecule has 45 heavy (non-hydrogen) atoms. The summed E-state index contributed by atoms with van der Waals surface area (Å²) in [7, 11) is 3.24. The first-order chi connectivity index (χ1) is 21.4. The molecule has 4 rings (SSSR count). The van der Waals surface area contributed by atoms with Gasteiger partial charge in [-0.3, -0.25) is 14.7 Å². The molecule has 0 saturated carbocycles. The fraction of sp³-hybridized carbons (Fsp3) is 0.545. The first-order valence-electron chi connectivity index (χ1n) is 15.6. The van der Waals surface area contributed by atoms with E-state index >= 15 is 0 Å². The Labute approximate surface area is 265 Å². The Kier molecular flexibility index (Phi) is 10.9. The summed E-state index contributed by atoms with van der Waals surface area (Å²) in [4.78, 5) is 41.9. The summed E-state index contributed by atoms with van der Waals surface area (Å²) in [6.07, 6.45) is 5.29. The minimum atomic E-state index is -0.633. The van der Waals surface area contributed by atoms with Crippen molar-refractivity contribution < 1.29 is 23.8 Å². The Hall–Kier alpha value is -4.35. The number of methoxy groups -OCH3 is 2. The van der Waals surface area contributed by atoms with Crippen LogP contribution in [0.2, 0.25) is 0 Å². The molecular formula is C33H47N7O5. The lowest BCUT2D eigenvalue weighted by Crippen LogP contribution is -2.52. The summed E-state index contributed by atoms with van der Waals surface area (Å²) in [5, 5.41) is 10.0. The molecule has 2 amide bonds. The molecule has 0 spiro atoms. The molecule has 3 heterocycles. The first-order valence-corrected chi connectivity index (χ1v) is 15.6. The Balaban J connectivity index is 1.53. The molecule has 0 radical (unpaired) electrons. The van der Waals surface area contributed by atoms with Gasteiger partial charge in [0.2, 0.25) is 11.9 Å². The smallest absolute Gasteiger partial charge is 0.410 e. The Morgan fingerprint density at radius 3 is 2.60 bits per heavy atom. The van der Waals surface area contributed by atoms with Crippen molar-refractivity contribution in [3.8, 4) is 11.5 Å². The molecule has 2 aromatic heterocycles. The molecule has 12 heteroatoms.